The number of hydrogen-bond donors (Lipinski definition) is 0. The predicted octanol–water partition coefficient (Wildman–Crippen LogP) is 2.22. The highest BCUT2D eigenvalue weighted by Crippen LogP contribution is 2.24. The van der Waals surface area contributed by atoms with Crippen molar-refractivity contribution in [2.75, 3.05) is 32.1 Å². The number of thiophene rings is 1. The Morgan fingerprint density at radius 3 is 3.00 bits per heavy atom. The van der Waals surface area contributed by atoms with Gasteiger partial charge in [0.1, 0.15) is 6.10 Å². The van der Waals surface area contributed by atoms with Gasteiger partial charge in [0.05, 0.1) is 13.0 Å². The van der Waals surface area contributed by atoms with Gasteiger partial charge in [-0.1, -0.05) is 6.07 Å². The molecule has 3 rings (SSSR count). The molecule has 1 atom stereocenters. The van der Waals surface area contributed by atoms with E-state index in [4.69, 9.17) is 4.74 Å². The van der Waals surface area contributed by atoms with Crippen LogP contribution in [0, 0.1) is 0 Å². The number of piperidine rings is 1. The van der Waals surface area contributed by atoms with Crippen LogP contribution in [0.1, 0.15) is 17.7 Å². The molecular formula is C17H22N4O2S. The molecular weight excluding hydrogens is 324 g/mol. The SMILES string of the molecule is CN(C)c1nccnc1O[C@H]1CCCN(C(=O)Cc2cccs2)C1. The van der Waals surface area contributed by atoms with Crippen LogP contribution in [0.5, 0.6) is 5.88 Å². The first-order valence-corrected chi connectivity index (χ1v) is 8.96. The molecule has 0 radical (unpaired) electrons. The summed E-state index contributed by atoms with van der Waals surface area (Å²) in [5.74, 6) is 1.40. The molecule has 1 aliphatic rings. The summed E-state index contributed by atoms with van der Waals surface area (Å²) in [4.78, 5) is 26.0. The third-order valence-corrected chi connectivity index (χ3v) is 4.86. The van der Waals surface area contributed by atoms with Crippen molar-refractivity contribution in [3.05, 3.63) is 34.8 Å². The third-order valence-electron chi connectivity index (χ3n) is 3.98. The minimum absolute atomic E-state index is 0.0403. The summed E-state index contributed by atoms with van der Waals surface area (Å²) < 4.78 is 6.06. The zero-order valence-electron chi connectivity index (χ0n) is 14.0. The summed E-state index contributed by atoms with van der Waals surface area (Å²) in [7, 11) is 3.82. The van der Waals surface area contributed by atoms with Crippen LogP contribution in [0.25, 0.3) is 0 Å². The van der Waals surface area contributed by atoms with Crippen LogP contribution in [0.15, 0.2) is 29.9 Å². The van der Waals surface area contributed by atoms with E-state index in [1.807, 2.05) is 41.4 Å². The van der Waals surface area contributed by atoms with Gasteiger partial charge < -0.3 is 14.5 Å². The van der Waals surface area contributed by atoms with Gasteiger partial charge in [0.15, 0.2) is 5.82 Å². The van der Waals surface area contributed by atoms with Crippen molar-refractivity contribution in [1.29, 1.82) is 0 Å². The molecule has 0 saturated carbocycles. The molecule has 2 aromatic rings. The lowest BCUT2D eigenvalue weighted by molar-refractivity contribution is -0.133. The standard InChI is InChI=1S/C17H22N4O2S/c1-20(2)16-17(19-8-7-18-16)23-13-5-3-9-21(12-13)15(22)11-14-6-4-10-24-14/h4,6-8,10,13H,3,5,9,11-12H2,1-2H3/t13-/m0/s1. The second-order valence-electron chi connectivity index (χ2n) is 6.06. The molecule has 1 aliphatic heterocycles. The molecule has 3 heterocycles. The first-order valence-electron chi connectivity index (χ1n) is 8.08. The average molecular weight is 346 g/mol. The Labute approximate surface area is 146 Å². The largest absolute Gasteiger partial charge is 0.470 e. The zero-order valence-corrected chi connectivity index (χ0v) is 14.8. The van der Waals surface area contributed by atoms with Crippen LogP contribution in [0.4, 0.5) is 5.82 Å². The van der Waals surface area contributed by atoms with Crippen LogP contribution in [0.3, 0.4) is 0 Å². The van der Waals surface area contributed by atoms with E-state index in [0.29, 0.717) is 24.7 Å². The maximum atomic E-state index is 12.5. The molecule has 24 heavy (non-hydrogen) atoms. The van der Waals surface area contributed by atoms with Crippen LogP contribution >= 0.6 is 11.3 Å². The number of likely N-dealkylation sites (tertiary alicyclic amines) is 1. The summed E-state index contributed by atoms with van der Waals surface area (Å²) >= 11 is 1.62. The predicted molar refractivity (Wildman–Crippen MR) is 94.6 cm³/mol. The molecule has 0 spiro atoms. The fourth-order valence-corrected chi connectivity index (χ4v) is 3.50. The Morgan fingerprint density at radius 2 is 2.25 bits per heavy atom. The van der Waals surface area contributed by atoms with Crippen molar-refractivity contribution >= 4 is 23.1 Å². The molecule has 2 aromatic heterocycles. The number of carbonyl (C=O) groups is 1. The normalized spacial score (nSPS) is 17.6. The molecule has 0 unspecified atom stereocenters. The summed E-state index contributed by atoms with van der Waals surface area (Å²) in [5.41, 5.74) is 0. The number of anilines is 1. The van der Waals surface area contributed by atoms with E-state index >= 15 is 0 Å². The number of rotatable bonds is 5. The summed E-state index contributed by atoms with van der Waals surface area (Å²) in [5, 5.41) is 2.00. The van der Waals surface area contributed by atoms with Crippen LogP contribution in [0.2, 0.25) is 0 Å². The molecule has 0 N–H and O–H groups in total. The Bertz CT molecular complexity index is 675. The molecule has 7 heteroatoms. The smallest absolute Gasteiger partial charge is 0.257 e. The van der Waals surface area contributed by atoms with E-state index in [9.17, 15) is 4.79 Å². The van der Waals surface area contributed by atoms with Gasteiger partial charge in [0, 0.05) is 37.9 Å². The molecule has 6 nitrogen and oxygen atoms in total. The van der Waals surface area contributed by atoms with Crippen molar-refractivity contribution in [2.45, 2.75) is 25.4 Å². The number of nitrogens with zero attached hydrogens (tertiary/aromatic N) is 4. The van der Waals surface area contributed by atoms with E-state index in [1.54, 1.807) is 23.7 Å². The lowest BCUT2D eigenvalue weighted by atomic mass is 10.1. The van der Waals surface area contributed by atoms with E-state index in [0.717, 1.165) is 24.3 Å². The summed E-state index contributed by atoms with van der Waals surface area (Å²) in [6.45, 7) is 1.40. The van der Waals surface area contributed by atoms with Crippen molar-refractivity contribution in [1.82, 2.24) is 14.9 Å². The third kappa shape index (κ3) is 4.03. The molecule has 128 valence electrons. The van der Waals surface area contributed by atoms with Gasteiger partial charge in [0.25, 0.3) is 5.88 Å². The highest BCUT2D eigenvalue weighted by atomic mass is 32.1. The number of amides is 1. The first-order chi connectivity index (χ1) is 11.6. The maximum absolute atomic E-state index is 12.5. The van der Waals surface area contributed by atoms with Crippen molar-refractivity contribution in [2.24, 2.45) is 0 Å². The number of hydrogen-bond acceptors (Lipinski definition) is 6. The Hall–Kier alpha value is -2.15. The Morgan fingerprint density at radius 1 is 1.42 bits per heavy atom. The summed E-state index contributed by atoms with van der Waals surface area (Å²) in [6, 6.07) is 3.98. The minimum atomic E-state index is -0.0403. The molecule has 1 amide bonds. The maximum Gasteiger partial charge on any atom is 0.257 e. The van der Waals surface area contributed by atoms with Gasteiger partial charge in [-0.15, -0.1) is 11.3 Å². The van der Waals surface area contributed by atoms with Gasteiger partial charge in [-0.25, -0.2) is 9.97 Å². The van der Waals surface area contributed by atoms with E-state index in [1.165, 1.54) is 0 Å². The van der Waals surface area contributed by atoms with E-state index in [-0.39, 0.29) is 12.0 Å². The number of aromatic nitrogens is 2. The molecule has 0 aromatic carbocycles. The average Bonchev–Trinajstić information content (AvgIpc) is 3.08. The van der Waals surface area contributed by atoms with Crippen molar-refractivity contribution < 1.29 is 9.53 Å². The van der Waals surface area contributed by atoms with Crippen molar-refractivity contribution in [3.8, 4) is 5.88 Å². The van der Waals surface area contributed by atoms with Gasteiger partial charge in [-0.05, 0) is 24.3 Å². The topological polar surface area (TPSA) is 58.6 Å². The number of carbonyl (C=O) groups excluding carboxylic acids is 1. The second kappa shape index (κ2) is 7.61. The molecule has 0 bridgehead atoms. The Kier molecular flexibility index (Phi) is 5.30. The van der Waals surface area contributed by atoms with Gasteiger partial charge >= 0.3 is 0 Å². The fraction of sp³-hybridized carbons (Fsp3) is 0.471. The van der Waals surface area contributed by atoms with Gasteiger partial charge in [-0.2, -0.15) is 0 Å². The van der Waals surface area contributed by atoms with Crippen LogP contribution < -0.4 is 9.64 Å². The highest BCUT2D eigenvalue weighted by Gasteiger charge is 2.26. The molecule has 1 fully saturated rings. The molecule has 1 saturated heterocycles. The quantitative estimate of drug-likeness (QED) is 0.831. The van der Waals surface area contributed by atoms with Crippen molar-refractivity contribution in [3.63, 3.8) is 0 Å². The van der Waals surface area contributed by atoms with Gasteiger partial charge in [-0.3, -0.25) is 4.79 Å². The first kappa shape index (κ1) is 16.7. The molecule has 0 aliphatic carbocycles. The van der Waals surface area contributed by atoms with Crippen LogP contribution in [-0.4, -0.2) is 54.1 Å². The zero-order chi connectivity index (χ0) is 16.9. The Balaban J connectivity index is 1.62. The van der Waals surface area contributed by atoms with E-state index < -0.39 is 0 Å². The highest BCUT2D eigenvalue weighted by molar-refractivity contribution is 7.10. The second-order valence-corrected chi connectivity index (χ2v) is 7.09. The lowest BCUT2D eigenvalue weighted by Crippen LogP contribution is -2.45. The van der Waals surface area contributed by atoms with Gasteiger partial charge in [0.2, 0.25) is 5.91 Å². The van der Waals surface area contributed by atoms with E-state index in [2.05, 4.69) is 9.97 Å². The fourth-order valence-electron chi connectivity index (χ4n) is 2.80. The lowest BCUT2D eigenvalue weighted by Gasteiger charge is -2.33. The van der Waals surface area contributed by atoms with Crippen LogP contribution in [-0.2, 0) is 11.2 Å². The number of ether oxygens (including phenoxy) is 1. The summed E-state index contributed by atoms with van der Waals surface area (Å²) in [6.07, 6.45) is 5.58. The minimum Gasteiger partial charge on any atom is -0.470 e. The monoisotopic (exact) mass is 346 g/mol.